The summed E-state index contributed by atoms with van der Waals surface area (Å²) in [6.07, 6.45) is 3.36. The normalized spacial score (nSPS) is 10.3. The molecule has 84 valence electrons. The van der Waals surface area contributed by atoms with Gasteiger partial charge < -0.3 is 16.0 Å². The van der Waals surface area contributed by atoms with E-state index in [1.165, 1.54) is 11.3 Å². The number of nitrogens with two attached hydrogens (primary N) is 1. The summed E-state index contributed by atoms with van der Waals surface area (Å²) >= 11 is 1.39. The zero-order valence-corrected chi connectivity index (χ0v) is 9.60. The van der Waals surface area contributed by atoms with Crippen LogP contribution in [0.5, 0.6) is 0 Å². The van der Waals surface area contributed by atoms with Crippen LogP contribution in [0.3, 0.4) is 0 Å². The van der Waals surface area contributed by atoms with Crippen LogP contribution < -0.4 is 11.1 Å². The molecular weight excluding hydrogens is 224 g/mol. The molecule has 6 heteroatoms. The number of thiophene rings is 1. The van der Waals surface area contributed by atoms with Crippen LogP contribution in [0, 0.1) is 6.92 Å². The number of hydrogen-bond acceptors (Lipinski definition) is 4. The highest BCUT2D eigenvalue weighted by molar-refractivity contribution is 7.14. The Morgan fingerprint density at radius 3 is 3.06 bits per heavy atom. The second-order valence-corrected chi connectivity index (χ2v) is 4.60. The van der Waals surface area contributed by atoms with Gasteiger partial charge in [0.1, 0.15) is 5.82 Å². The van der Waals surface area contributed by atoms with E-state index in [4.69, 9.17) is 5.73 Å². The van der Waals surface area contributed by atoms with Gasteiger partial charge in [-0.3, -0.25) is 4.79 Å². The predicted molar refractivity (Wildman–Crippen MR) is 63.2 cm³/mol. The average molecular weight is 236 g/mol. The highest BCUT2D eigenvalue weighted by Crippen LogP contribution is 2.23. The molecule has 0 bridgehead atoms. The molecule has 0 saturated carbocycles. The zero-order valence-electron chi connectivity index (χ0n) is 8.78. The van der Waals surface area contributed by atoms with Gasteiger partial charge in [0.25, 0.3) is 5.91 Å². The van der Waals surface area contributed by atoms with E-state index in [1.807, 2.05) is 6.92 Å². The smallest absolute Gasteiger partial charge is 0.261 e. The summed E-state index contributed by atoms with van der Waals surface area (Å²) in [6, 6.07) is 1.69. The lowest BCUT2D eigenvalue weighted by atomic mass is 10.3. The number of H-pyrrole nitrogens is 1. The Bertz CT molecular complexity index is 469. The number of nitrogens with one attached hydrogen (secondary N) is 2. The number of nitrogens with zero attached hydrogens (tertiary/aromatic N) is 1. The van der Waals surface area contributed by atoms with E-state index >= 15 is 0 Å². The third kappa shape index (κ3) is 2.22. The summed E-state index contributed by atoms with van der Waals surface area (Å²) in [4.78, 5) is 20.2. The van der Waals surface area contributed by atoms with Gasteiger partial charge in [-0.15, -0.1) is 11.3 Å². The molecule has 4 N–H and O–H groups in total. The molecule has 0 spiro atoms. The number of aromatic nitrogens is 2. The fraction of sp³-hybridized carbons (Fsp3) is 0.200. The highest BCUT2D eigenvalue weighted by Gasteiger charge is 2.10. The third-order valence-corrected chi connectivity index (χ3v) is 3.22. The summed E-state index contributed by atoms with van der Waals surface area (Å²) in [6.45, 7) is 2.28. The molecule has 0 radical (unpaired) electrons. The Kier molecular flexibility index (Phi) is 2.91. The van der Waals surface area contributed by atoms with Crippen molar-refractivity contribution in [2.24, 2.45) is 0 Å². The minimum atomic E-state index is -0.124. The maximum atomic E-state index is 11.7. The molecule has 0 atom stereocenters. The quantitative estimate of drug-likeness (QED) is 0.750. The molecule has 2 aromatic rings. The first-order valence-corrected chi connectivity index (χ1v) is 5.61. The molecule has 0 fully saturated rings. The number of amides is 1. The van der Waals surface area contributed by atoms with Crippen LogP contribution in [0.25, 0.3) is 0 Å². The first-order valence-electron chi connectivity index (χ1n) is 4.79. The van der Waals surface area contributed by atoms with Gasteiger partial charge in [-0.1, -0.05) is 0 Å². The lowest BCUT2D eigenvalue weighted by Crippen LogP contribution is -2.22. The Labute approximate surface area is 96.7 Å². The van der Waals surface area contributed by atoms with E-state index in [-0.39, 0.29) is 5.91 Å². The molecule has 16 heavy (non-hydrogen) atoms. The van der Waals surface area contributed by atoms with Crippen molar-refractivity contribution >= 4 is 22.9 Å². The number of hydrogen-bond donors (Lipinski definition) is 3. The number of aromatic amines is 1. The maximum absolute atomic E-state index is 11.7. The second-order valence-electron chi connectivity index (χ2n) is 3.34. The van der Waals surface area contributed by atoms with Crippen molar-refractivity contribution in [3.05, 3.63) is 34.0 Å². The number of anilines is 1. The number of rotatable bonds is 3. The first kappa shape index (κ1) is 10.7. The Morgan fingerprint density at radius 1 is 1.69 bits per heavy atom. The molecule has 5 nitrogen and oxygen atoms in total. The van der Waals surface area contributed by atoms with Crippen LogP contribution in [0.15, 0.2) is 18.5 Å². The van der Waals surface area contributed by atoms with Crippen LogP contribution in [0.1, 0.15) is 20.4 Å². The summed E-state index contributed by atoms with van der Waals surface area (Å²) in [7, 11) is 0. The molecule has 0 aliphatic heterocycles. The predicted octanol–water partition coefficient (Wildman–Crippen LogP) is 1.29. The number of nitrogen functional groups attached to an aromatic ring is 1. The van der Waals surface area contributed by atoms with Crippen molar-refractivity contribution in [2.75, 3.05) is 5.73 Å². The molecular formula is C10H12N4OS. The summed E-state index contributed by atoms with van der Waals surface area (Å²) < 4.78 is 0. The number of carbonyl (C=O) groups excluding carboxylic acids is 1. The molecule has 0 aliphatic carbocycles. The van der Waals surface area contributed by atoms with Gasteiger partial charge in [0.15, 0.2) is 0 Å². The summed E-state index contributed by atoms with van der Waals surface area (Å²) in [5, 5.41) is 2.76. The van der Waals surface area contributed by atoms with Crippen LogP contribution in [0.2, 0.25) is 0 Å². The van der Waals surface area contributed by atoms with Crippen LogP contribution in [-0.2, 0) is 6.54 Å². The molecule has 2 aromatic heterocycles. The topological polar surface area (TPSA) is 83.8 Å². The Morgan fingerprint density at radius 2 is 2.50 bits per heavy atom. The van der Waals surface area contributed by atoms with Crippen molar-refractivity contribution in [1.82, 2.24) is 15.3 Å². The van der Waals surface area contributed by atoms with Gasteiger partial charge in [0, 0.05) is 23.0 Å². The van der Waals surface area contributed by atoms with E-state index in [9.17, 15) is 4.79 Å². The van der Waals surface area contributed by atoms with Gasteiger partial charge in [0.2, 0.25) is 0 Å². The minimum Gasteiger partial charge on any atom is -0.398 e. The number of imidazole rings is 1. The lowest BCUT2D eigenvalue weighted by molar-refractivity contribution is 0.0954. The van der Waals surface area contributed by atoms with E-state index in [0.29, 0.717) is 17.1 Å². The first-order chi connectivity index (χ1) is 7.66. The third-order valence-electron chi connectivity index (χ3n) is 2.15. The maximum Gasteiger partial charge on any atom is 0.261 e. The van der Waals surface area contributed by atoms with E-state index in [0.717, 1.165) is 10.7 Å². The Hall–Kier alpha value is -1.82. The van der Waals surface area contributed by atoms with Crippen molar-refractivity contribution in [3.8, 4) is 0 Å². The van der Waals surface area contributed by atoms with Crippen molar-refractivity contribution in [2.45, 2.75) is 13.5 Å². The van der Waals surface area contributed by atoms with Gasteiger partial charge in [-0.25, -0.2) is 4.98 Å². The summed E-state index contributed by atoms with van der Waals surface area (Å²) in [5.74, 6) is 0.607. The van der Waals surface area contributed by atoms with Gasteiger partial charge >= 0.3 is 0 Å². The van der Waals surface area contributed by atoms with Gasteiger partial charge in [0.05, 0.1) is 11.4 Å². The van der Waals surface area contributed by atoms with Gasteiger partial charge in [-0.05, 0) is 13.0 Å². The molecule has 0 unspecified atom stereocenters. The molecule has 0 aromatic carbocycles. The molecule has 0 aliphatic rings. The van der Waals surface area contributed by atoms with E-state index < -0.39 is 0 Å². The fourth-order valence-corrected chi connectivity index (χ4v) is 2.11. The average Bonchev–Trinajstić information content (AvgIpc) is 2.86. The van der Waals surface area contributed by atoms with Crippen molar-refractivity contribution in [3.63, 3.8) is 0 Å². The second kappa shape index (κ2) is 4.36. The van der Waals surface area contributed by atoms with E-state index in [1.54, 1.807) is 18.5 Å². The van der Waals surface area contributed by atoms with Crippen LogP contribution in [-0.4, -0.2) is 15.9 Å². The Balaban J connectivity index is 1.98. The van der Waals surface area contributed by atoms with Crippen molar-refractivity contribution < 1.29 is 4.79 Å². The molecule has 1 amide bonds. The molecule has 2 heterocycles. The fourth-order valence-electron chi connectivity index (χ4n) is 1.25. The van der Waals surface area contributed by atoms with Crippen molar-refractivity contribution in [1.29, 1.82) is 0 Å². The highest BCUT2D eigenvalue weighted by atomic mass is 32.1. The zero-order chi connectivity index (χ0) is 11.5. The number of aryl methyl sites for hydroxylation is 1. The standard InChI is InChI=1S/C10H12N4OS/c1-6-7(11)4-8(16-6)10(15)14-5-9-12-2-3-13-9/h2-4H,5,11H2,1H3,(H,12,13)(H,14,15). The van der Waals surface area contributed by atoms with Gasteiger partial charge in [-0.2, -0.15) is 0 Å². The molecule has 0 saturated heterocycles. The number of carbonyl (C=O) groups is 1. The van der Waals surface area contributed by atoms with Crippen LogP contribution in [0.4, 0.5) is 5.69 Å². The SMILES string of the molecule is Cc1sc(C(=O)NCc2ncc[nH]2)cc1N. The molecule has 2 rings (SSSR count). The summed E-state index contributed by atoms with van der Waals surface area (Å²) in [5.41, 5.74) is 6.34. The monoisotopic (exact) mass is 236 g/mol. The minimum absolute atomic E-state index is 0.124. The largest absolute Gasteiger partial charge is 0.398 e. The van der Waals surface area contributed by atoms with E-state index in [2.05, 4.69) is 15.3 Å². The lowest BCUT2D eigenvalue weighted by Gasteiger charge is -1.99. The van der Waals surface area contributed by atoms with Crippen LogP contribution >= 0.6 is 11.3 Å².